The van der Waals surface area contributed by atoms with Crippen molar-refractivity contribution < 1.29 is 14.6 Å². The summed E-state index contributed by atoms with van der Waals surface area (Å²) in [5, 5.41) is 21.5. The van der Waals surface area contributed by atoms with Crippen LogP contribution in [0.25, 0.3) is 22.2 Å². The molecule has 47 heavy (non-hydrogen) atoms. The topological polar surface area (TPSA) is 162 Å². The van der Waals surface area contributed by atoms with Crippen molar-refractivity contribution in [3.05, 3.63) is 60.3 Å². The first-order valence-electron chi connectivity index (χ1n) is 15.9. The van der Waals surface area contributed by atoms with Gasteiger partial charge in [-0.15, -0.1) is 0 Å². The quantitative estimate of drug-likeness (QED) is 0.187. The van der Waals surface area contributed by atoms with Crippen molar-refractivity contribution in [2.24, 2.45) is 7.05 Å². The van der Waals surface area contributed by atoms with Gasteiger partial charge in [0, 0.05) is 74.4 Å². The first-order valence-corrected chi connectivity index (χ1v) is 15.9. The smallest absolute Gasteiger partial charge is 0.238 e. The van der Waals surface area contributed by atoms with Crippen LogP contribution in [0, 0.1) is 13.8 Å². The molecule has 1 amide bonds. The summed E-state index contributed by atoms with van der Waals surface area (Å²) < 4.78 is 7.99. The summed E-state index contributed by atoms with van der Waals surface area (Å²) in [7, 11) is 1.89. The number of aromatic amines is 1. The molecule has 0 spiro atoms. The van der Waals surface area contributed by atoms with Gasteiger partial charge in [0.15, 0.2) is 5.82 Å². The number of nitrogens with zero attached hydrogens (tertiary/aromatic N) is 8. The lowest BCUT2D eigenvalue weighted by atomic mass is 10.1. The van der Waals surface area contributed by atoms with E-state index in [0.29, 0.717) is 29.9 Å². The lowest BCUT2D eigenvalue weighted by Gasteiger charge is -2.30. The first-order chi connectivity index (χ1) is 22.8. The molecule has 4 aromatic heterocycles. The largest absolute Gasteiger partial charge is 0.473 e. The van der Waals surface area contributed by atoms with Crippen molar-refractivity contribution in [3.8, 4) is 17.1 Å². The minimum Gasteiger partial charge on any atom is -0.473 e. The normalized spacial score (nSPS) is 17.4. The highest BCUT2D eigenvalue weighted by Gasteiger charge is 2.27. The van der Waals surface area contributed by atoms with E-state index < -0.39 is 0 Å². The second-order valence-electron chi connectivity index (χ2n) is 12.3. The summed E-state index contributed by atoms with van der Waals surface area (Å²) in [6.07, 6.45) is 7.18. The molecule has 0 saturated carbocycles. The molecule has 0 radical (unpaired) electrons. The van der Waals surface area contributed by atoms with Crippen molar-refractivity contribution in [1.29, 1.82) is 0 Å². The molecule has 4 N–H and O–H groups in total. The fourth-order valence-corrected chi connectivity index (χ4v) is 6.23. The Balaban J connectivity index is 0.982. The molecule has 6 heterocycles. The molecule has 7 rings (SSSR count). The van der Waals surface area contributed by atoms with Crippen LogP contribution in [-0.2, 0) is 11.8 Å². The number of nitrogens with one attached hydrogen (secondary N) is 3. The third-order valence-corrected chi connectivity index (χ3v) is 8.87. The number of carbonyl (C=O) groups is 1. The molecule has 1 unspecified atom stereocenters. The number of para-hydroxylation sites is 1. The van der Waals surface area contributed by atoms with Gasteiger partial charge in [-0.3, -0.25) is 14.4 Å². The minimum absolute atomic E-state index is 0.0692. The zero-order valence-corrected chi connectivity index (χ0v) is 26.8. The summed E-state index contributed by atoms with van der Waals surface area (Å²) in [6, 6.07) is 9.65. The van der Waals surface area contributed by atoms with Gasteiger partial charge in [-0.05, 0) is 44.7 Å². The summed E-state index contributed by atoms with van der Waals surface area (Å²) in [5.74, 6) is 2.38. The van der Waals surface area contributed by atoms with E-state index in [9.17, 15) is 9.90 Å². The summed E-state index contributed by atoms with van der Waals surface area (Å²) in [4.78, 5) is 38.8. The highest BCUT2D eigenvalue weighted by molar-refractivity contribution is 6.06. The Morgan fingerprint density at radius 2 is 1.96 bits per heavy atom. The van der Waals surface area contributed by atoms with E-state index in [2.05, 4.69) is 45.5 Å². The van der Waals surface area contributed by atoms with E-state index in [0.717, 1.165) is 78.1 Å². The lowest BCUT2D eigenvalue weighted by molar-refractivity contribution is -0.117. The Morgan fingerprint density at radius 3 is 2.77 bits per heavy atom. The number of hydrogen-bond acceptors (Lipinski definition) is 11. The van der Waals surface area contributed by atoms with E-state index in [4.69, 9.17) is 9.72 Å². The van der Waals surface area contributed by atoms with Crippen LogP contribution in [0.1, 0.15) is 30.5 Å². The molecule has 2 saturated heterocycles. The number of anilines is 4. The lowest BCUT2D eigenvalue weighted by Crippen LogP contribution is -2.36. The van der Waals surface area contributed by atoms with Crippen LogP contribution in [0.4, 0.5) is 23.3 Å². The van der Waals surface area contributed by atoms with Gasteiger partial charge in [-0.25, -0.2) is 19.9 Å². The molecular weight excluding hydrogens is 598 g/mol. The van der Waals surface area contributed by atoms with Crippen molar-refractivity contribution in [1.82, 2.24) is 39.6 Å². The summed E-state index contributed by atoms with van der Waals surface area (Å²) in [5.41, 5.74) is 5.20. The Labute approximate surface area is 272 Å². The van der Waals surface area contributed by atoms with Crippen LogP contribution in [0.2, 0.25) is 0 Å². The first kappa shape index (κ1) is 30.6. The molecule has 0 bridgehead atoms. The van der Waals surface area contributed by atoms with Crippen molar-refractivity contribution in [3.63, 3.8) is 0 Å². The number of fused-ring (bicyclic) bond motifs is 1. The number of aliphatic hydroxyl groups is 1. The zero-order chi connectivity index (χ0) is 32.5. The minimum atomic E-state index is -0.244. The number of benzene rings is 1. The van der Waals surface area contributed by atoms with Gasteiger partial charge >= 0.3 is 0 Å². The van der Waals surface area contributed by atoms with Crippen molar-refractivity contribution in [2.45, 2.75) is 45.3 Å². The number of ether oxygens (including phenoxy) is 1. The summed E-state index contributed by atoms with van der Waals surface area (Å²) in [6.45, 7) is 7.10. The predicted octanol–water partition coefficient (Wildman–Crippen LogP) is 3.56. The monoisotopic (exact) mass is 637 g/mol. The standard InChI is InChI=1S/C33H39N11O3/c1-20-15-35-33(39-27-13-21(2)42(3)41-27)40-31(20)25-16-34-32-24(25)5-4-6-26(32)38-29(46)18-43-10-9-23(17-43)47-30-14-28(36-19-37-30)44-11-7-22(45)8-12-44/h4-6,13-16,19,22-23,34,45H,7-12,17-18H2,1-3H3,(H,38,46)(H,35,39,40,41). The number of aromatic nitrogens is 7. The maximum Gasteiger partial charge on any atom is 0.238 e. The maximum atomic E-state index is 13.2. The van der Waals surface area contributed by atoms with E-state index >= 15 is 0 Å². The highest BCUT2D eigenvalue weighted by atomic mass is 16.5. The van der Waals surface area contributed by atoms with Gasteiger partial charge in [0.2, 0.25) is 17.7 Å². The second kappa shape index (κ2) is 13.0. The van der Waals surface area contributed by atoms with Crippen LogP contribution in [0.3, 0.4) is 0 Å². The number of aliphatic hydroxyl groups excluding tert-OH is 1. The molecule has 5 aromatic rings. The number of carbonyl (C=O) groups excluding carboxylic acids is 1. The molecule has 14 heteroatoms. The van der Waals surface area contributed by atoms with E-state index in [1.807, 2.05) is 57.4 Å². The number of likely N-dealkylation sites (tertiary alicyclic amines) is 1. The van der Waals surface area contributed by atoms with Crippen LogP contribution < -0.4 is 20.3 Å². The van der Waals surface area contributed by atoms with E-state index in [-0.39, 0.29) is 24.7 Å². The molecule has 0 aliphatic carbocycles. The third-order valence-electron chi connectivity index (χ3n) is 8.87. The van der Waals surface area contributed by atoms with Gasteiger partial charge in [0.25, 0.3) is 0 Å². The molecular formula is C33H39N11O3. The maximum absolute atomic E-state index is 13.2. The molecule has 2 aliphatic rings. The Kier molecular flexibility index (Phi) is 8.43. The SMILES string of the molecule is Cc1cnc(Nc2cc(C)n(C)n2)nc1-c1c[nH]c2c(NC(=O)CN3CCC(Oc4cc(N5CCC(O)CC5)ncn4)C3)cccc12. The van der Waals surface area contributed by atoms with Gasteiger partial charge < -0.3 is 30.4 Å². The van der Waals surface area contributed by atoms with Crippen LogP contribution in [0.15, 0.2) is 49.1 Å². The summed E-state index contributed by atoms with van der Waals surface area (Å²) >= 11 is 0. The molecule has 2 aliphatic heterocycles. The number of amides is 1. The molecule has 244 valence electrons. The third kappa shape index (κ3) is 6.74. The number of aryl methyl sites for hydroxylation is 3. The fourth-order valence-electron chi connectivity index (χ4n) is 6.23. The van der Waals surface area contributed by atoms with E-state index in [1.54, 1.807) is 10.9 Å². The Bertz CT molecular complexity index is 1880. The molecule has 1 atom stereocenters. The molecule has 2 fully saturated rings. The van der Waals surface area contributed by atoms with E-state index in [1.165, 1.54) is 6.33 Å². The van der Waals surface area contributed by atoms with Gasteiger partial charge in [-0.1, -0.05) is 12.1 Å². The van der Waals surface area contributed by atoms with Crippen LogP contribution in [-0.4, -0.2) is 95.5 Å². The number of piperidine rings is 1. The number of H-pyrrole nitrogens is 1. The number of hydrogen-bond donors (Lipinski definition) is 4. The van der Waals surface area contributed by atoms with Crippen molar-refractivity contribution in [2.75, 3.05) is 48.3 Å². The predicted molar refractivity (Wildman–Crippen MR) is 179 cm³/mol. The average Bonchev–Trinajstić information content (AvgIpc) is 3.77. The van der Waals surface area contributed by atoms with Crippen LogP contribution in [0.5, 0.6) is 5.88 Å². The van der Waals surface area contributed by atoms with Gasteiger partial charge in [0.1, 0.15) is 18.2 Å². The fraction of sp³-hybridized carbons (Fsp3) is 0.394. The highest BCUT2D eigenvalue weighted by Crippen LogP contribution is 2.33. The number of rotatable bonds is 9. The molecule has 1 aromatic carbocycles. The van der Waals surface area contributed by atoms with Gasteiger partial charge in [0.05, 0.1) is 29.5 Å². The van der Waals surface area contributed by atoms with Gasteiger partial charge in [-0.2, -0.15) is 5.10 Å². The second-order valence-corrected chi connectivity index (χ2v) is 12.3. The molecule has 14 nitrogen and oxygen atoms in total. The van der Waals surface area contributed by atoms with Crippen molar-refractivity contribution >= 4 is 40.1 Å². The Morgan fingerprint density at radius 1 is 1.11 bits per heavy atom. The Hall–Kier alpha value is -5.08. The zero-order valence-electron chi connectivity index (χ0n) is 26.8. The average molecular weight is 638 g/mol. The van der Waals surface area contributed by atoms with Crippen LogP contribution >= 0.6 is 0 Å².